The lowest BCUT2D eigenvalue weighted by Gasteiger charge is -2.28. The second-order valence-electron chi connectivity index (χ2n) is 7.46. The van der Waals surface area contributed by atoms with Crippen molar-refractivity contribution in [1.29, 1.82) is 0 Å². The van der Waals surface area contributed by atoms with Crippen LogP contribution in [0.1, 0.15) is 36.8 Å². The predicted molar refractivity (Wildman–Crippen MR) is 120 cm³/mol. The predicted octanol–water partition coefficient (Wildman–Crippen LogP) is 6.21. The lowest BCUT2D eigenvalue weighted by molar-refractivity contribution is -0.124. The smallest absolute Gasteiger partial charge is 0.227 e. The van der Waals surface area contributed by atoms with Crippen molar-refractivity contribution in [1.82, 2.24) is 0 Å². The number of anilines is 2. The summed E-state index contributed by atoms with van der Waals surface area (Å²) in [7, 11) is 0. The zero-order chi connectivity index (χ0) is 20.3. The van der Waals surface area contributed by atoms with Crippen molar-refractivity contribution in [3.63, 3.8) is 0 Å². The Balaban J connectivity index is 1.62. The minimum atomic E-state index is -0.140. The molecule has 2 N–H and O–H groups in total. The number of benzene rings is 2. The molecule has 0 heterocycles. The first-order valence-corrected chi connectivity index (χ1v) is 11.1. The molecule has 3 rings (SSSR count). The van der Waals surface area contributed by atoms with Crippen LogP contribution >= 0.6 is 31.9 Å². The molecule has 4 nitrogen and oxygen atoms in total. The summed E-state index contributed by atoms with van der Waals surface area (Å²) in [6.45, 7) is 3.94. The van der Waals surface area contributed by atoms with Gasteiger partial charge in [-0.3, -0.25) is 9.59 Å². The maximum atomic E-state index is 12.8. The van der Waals surface area contributed by atoms with Gasteiger partial charge in [-0.2, -0.15) is 0 Å². The Kier molecular flexibility index (Phi) is 6.94. The molecule has 148 valence electrons. The Bertz CT molecular complexity index is 827. The van der Waals surface area contributed by atoms with E-state index in [1.54, 1.807) is 0 Å². The zero-order valence-corrected chi connectivity index (χ0v) is 19.2. The first-order valence-electron chi connectivity index (χ1n) is 9.47. The van der Waals surface area contributed by atoms with Crippen molar-refractivity contribution in [2.45, 2.75) is 39.5 Å². The molecule has 0 bridgehead atoms. The maximum Gasteiger partial charge on any atom is 0.227 e. The Labute approximate surface area is 182 Å². The quantitative estimate of drug-likeness (QED) is 0.516. The van der Waals surface area contributed by atoms with Gasteiger partial charge in [-0.25, -0.2) is 0 Å². The summed E-state index contributed by atoms with van der Waals surface area (Å²) in [4.78, 5) is 25.5. The SMILES string of the molecule is Cc1cc(Br)ccc1NC(=O)[C@@H]1CCC[C@H](C(=O)Nc2ccc(Br)cc2C)C1. The number of hydrogen-bond donors (Lipinski definition) is 2. The highest BCUT2D eigenvalue weighted by atomic mass is 79.9. The monoisotopic (exact) mass is 506 g/mol. The van der Waals surface area contributed by atoms with Gasteiger partial charge in [-0.1, -0.05) is 38.3 Å². The second kappa shape index (κ2) is 9.23. The van der Waals surface area contributed by atoms with E-state index < -0.39 is 0 Å². The van der Waals surface area contributed by atoms with Crippen LogP contribution in [-0.2, 0) is 9.59 Å². The molecule has 0 aliphatic heterocycles. The lowest BCUT2D eigenvalue weighted by atomic mass is 9.80. The van der Waals surface area contributed by atoms with Crippen LogP contribution in [0.3, 0.4) is 0 Å². The highest BCUT2D eigenvalue weighted by Crippen LogP contribution is 2.32. The fourth-order valence-electron chi connectivity index (χ4n) is 3.67. The Morgan fingerprint density at radius 3 is 1.64 bits per heavy atom. The first-order chi connectivity index (χ1) is 13.3. The normalized spacial score (nSPS) is 19.1. The van der Waals surface area contributed by atoms with Crippen LogP contribution in [0.25, 0.3) is 0 Å². The summed E-state index contributed by atoms with van der Waals surface area (Å²) < 4.78 is 1.97. The summed E-state index contributed by atoms with van der Waals surface area (Å²) in [5.41, 5.74) is 3.67. The van der Waals surface area contributed by atoms with Crippen molar-refractivity contribution in [2.75, 3.05) is 10.6 Å². The molecule has 6 heteroatoms. The third kappa shape index (κ3) is 5.23. The van der Waals surface area contributed by atoms with Crippen molar-refractivity contribution in [3.05, 3.63) is 56.5 Å². The molecular weight excluding hydrogens is 484 g/mol. The van der Waals surface area contributed by atoms with E-state index in [9.17, 15) is 9.59 Å². The second-order valence-corrected chi connectivity index (χ2v) is 9.29. The molecule has 1 fully saturated rings. The standard InChI is InChI=1S/C22H24Br2N2O2/c1-13-10-17(23)6-8-19(13)25-21(27)15-4-3-5-16(12-15)22(28)26-20-9-7-18(24)11-14(20)2/h6-11,15-16H,3-5,12H2,1-2H3,(H,25,27)(H,26,28)/t15-,16+. The summed E-state index contributed by atoms with van der Waals surface area (Å²) in [5.74, 6) is -0.275. The minimum absolute atomic E-state index is 0.00254. The van der Waals surface area contributed by atoms with Crippen LogP contribution in [0.2, 0.25) is 0 Å². The van der Waals surface area contributed by atoms with Crippen LogP contribution in [0.5, 0.6) is 0 Å². The third-order valence-corrected chi connectivity index (χ3v) is 6.29. The molecule has 0 spiro atoms. The van der Waals surface area contributed by atoms with E-state index in [1.807, 2.05) is 50.2 Å². The average Bonchev–Trinajstić information content (AvgIpc) is 2.66. The van der Waals surface area contributed by atoms with Gasteiger partial charge in [0.05, 0.1) is 0 Å². The molecule has 2 amide bonds. The van der Waals surface area contributed by atoms with E-state index in [2.05, 4.69) is 42.5 Å². The van der Waals surface area contributed by atoms with E-state index in [1.165, 1.54) is 0 Å². The van der Waals surface area contributed by atoms with Gasteiger partial charge in [0, 0.05) is 32.2 Å². The van der Waals surface area contributed by atoms with E-state index >= 15 is 0 Å². The minimum Gasteiger partial charge on any atom is -0.326 e. The van der Waals surface area contributed by atoms with Crippen LogP contribution < -0.4 is 10.6 Å². The number of carbonyl (C=O) groups excluding carboxylic acids is 2. The largest absolute Gasteiger partial charge is 0.326 e. The maximum absolute atomic E-state index is 12.8. The molecular formula is C22H24Br2N2O2. The average molecular weight is 508 g/mol. The van der Waals surface area contributed by atoms with Gasteiger partial charge >= 0.3 is 0 Å². The van der Waals surface area contributed by atoms with Crippen LogP contribution in [0, 0.1) is 25.7 Å². The number of aryl methyl sites for hydroxylation is 2. The summed E-state index contributed by atoms with van der Waals surface area (Å²) >= 11 is 6.88. The van der Waals surface area contributed by atoms with E-state index in [0.717, 1.165) is 50.7 Å². The topological polar surface area (TPSA) is 58.2 Å². The fraction of sp³-hybridized carbons (Fsp3) is 0.364. The number of nitrogens with one attached hydrogen (secondary N) is 2. The molecule has 0 saturated heterocycles. The highest BCUT2D eigenvalue weighted by molar-refractivity contribution is 9.10. The molecule has 2 aromatic rings. The molecule has 0 aromatic heterocycles. The molecule has 2 atom stereocenters. The molecule has 0 radical (unpaired) electrons. The summed E-state index contributed by atoms with van der Waals surface area (Å²) in [5, 5.41) is 6.07. The fourth-order valence-corrected chi connectivity index (χ4v) is 4.62. The third-order valence-electron chi connectivity index (χ3n) is 5.31. The molecule has 1 saturated carbocycles. The van der Waals surface area contributed by atoms with Crippen molar-refractivity contribution in [2.24, 2.45) is 11.8 Å². The Morgan fingerprint density at radius 2 is 1.25 bits per heavy atom. The van der Waals surface area contributed by atoms with E-state index in [4.69, 9.17) is 0 Å². The van der Waals surface area contributed by atoms with Gasteiger partial charge in [0.2, 0.25) is 11.8 Å². The molecule has 0 unspecified atom stereocenters. The van der Waals surface area contributed by atoms with Gasteiger partial charge in [-0.05, 0) is 80.6 Å². The van der Waals surface area contributed by atoms with Gasteiger partial charge in [0.1, 0.15) is 0 Å². The highest BCUT2D eigenvalue weighted by Gasteiger charge is 2.31. The lowest BCUT2D eigenvalue weighted by Crippen LogP contribution is -2.33. The molecule has 28 heavy (non-hydrogen) atoms. The van der Waals surface area contributed by atoms with Crippen molar-refractivity contribution in [3.8, 4) is 0 Å². The van der Waals surface area contributed by atoms with Crippen LogP contribution in [-0.4, -0.2) is 11.8 Å². The number of carbonyl (C=O) groups is 2. The van der Waals surface area contributed by atoms with Gasteiger partial charge in [0.25, 0.3) is 0 Å². The van der Waals surface area contributed by atoms with Crippen molar-refractivity contribution < 1.29 is 9.59 Å². The molecule has 1 aliphatic carbocycles. The number of halogens is 2. The summed E-state index contributed by atoms with van der Waals surface area (Å²) in [6, 6.07) is 11.6. The number of amides is 2. The zero-order valence-electron chi connectivity index (χ0n) is 16.0. The molecule has 1 aliphatic rings. The summed E-state index contributed by atoms with van der Waals surface area (Å²) in [6.07, 6.45) is 3.11. The van der Waals surface area contributed by atoms with Crippen molar-refractivity contribution >= 4 is 55.0 Å². The number of hydrogen-bond acceptors (Lipinski definition) is 2. The van der Waals surface area contributed by atoms with Crippen LogP contribution in [0.15, 0.2) is 45.3 Å². The van der Waals surface area contributed by atoms with Gasteiger partial charge in [-0.15, -0.1) is 0 Å². The van der Waals surface area contributed by atoms with Gasteiger partial charge < -0.3 is 10.6 Å². The van der Waals surface area contributed by atoms with E-state index in [0.29, 0.717) is 6.42 Å². The van der Waals surface area contributed by atoms with Crippen LogP contribution in [0.4, 0.5) is 11.4 Å². The first kappa shape index (κ1) is 21.1. The number of rotatable bonds is 4. The molecule has 2 aromatic carbocycles. The Hall–Kier alpha value is -1.66. The van der Waals surface area contributed by atoms with E-state index in [-0.39, 0.29) is 23.7 Å². The van der Waals surface area contributed by atoms with Gasteiger partial charge in [0.15, 0.2) is 0 Å². The Morgan fingerprint density at radius 1 is 0.821 bits per heavy atom.